The highest BCUT2D eigenvalue weighted by Gasteiger charge is 2.26. The Kier molecular flexibility index (Phi) is 6.95. The number of hydrogen-bond donors (Lipinski definition) is 1. The SMILES string of the molecule is CC(C)(C)OC(=O)N1CCN(c2ccc(NC(=O)/C=C/c3ccccc3)cc2F)CC1. The molecule has 1 fully saturated rings. The van der Waals surface area contributed by atoms with Crippen molar-refractivity contribution in [2.45, 2.75) is 26.4 Å². The van der Waals surface area contributed by atoms with Gasteiger partial charge in [-0.05, 0) is 50.6 Å². The number of carbonyl (C=O) groups is 2. The fraction of sp³-hybridized carbons (Fsp3) is 0.333. The minimum Gasteiger partial charge on any atom is -0.444 e. The van der Waals surface area contributed by atoms with Crippen molar-refractivity contribution in [3.8, 4) is 0 Å². The summed E-state index contributed by atoms with van der Waals surface area (Å²) in [6.45, 7) is 7.40. The maximum atomic E-state index is 14.7. The van der Waals surface area contributed by atoms with Crippen LogP contribution in [0.25, 0.3) is 6.08 Å². The van der Waals surface area contributed by atoms with Crippen LogP contribution in [0.2, 0.25) is 0 Å². The van der Waals surface area contributed by atoms with Crippen LogP contribution in [-0.2, 0) is 9.53 Å². The third-order valence-electron chi connectivity index (χ3n) is 4.71. The van der Waals surface area contributed by atoms with Crippen molar-refractivity contribution in [1.29, 1.82) is 0 Å². The van der Waals surface area contributed by atoms with Gasteiger partial charge in [-0.3, -0.25) is 4.79 Å². The fourth-order valence-corrected chi connectivity index (χ4v) is 3.22. The molecular formula is C24H28FN3O3. The summed E-state index contributed by atoms with van der Waals surface area (Å²) in [6, 6.07) is 14.1. The average Bonchev–Trinajstić information content (AvgIpc) is 2.72. The van der Waals surface area contributed by atoms with Crippen molar-refractivity contribution in [2.24, 2.45) is 0 Å². The van der Waals surface area contributed by atoms with Crippen LogP contribution in [0.15, 0.2) is 54.6 Å². The first-order chi connectivity index (χ1) is 14.7. The van der Waals surface area contributed by atoms with Gasteiger partial charge in [0.15, 0.2) is 0 Å². The van der Waals surface area contributed by atoms with E-state index in [1.165, 1.54) is 12.1 Å². The van der Waals surface area contributed by atoms with Crippen molar-refractivity contribution >= 4 is 29.5 Å². The van der Waals surface area contributed by atoms with Crippen LogP contribution < -0.4 is 10.2 Å². The van der Waals surface area contributed by atoms with Gasteiger partial charge < -0.3 is 19.9 Å². The van der Waals surface area contributed by atoms with Crippen molar-refractivity contribution in [1.82, 2.24) is 4.90 Å². The Morgan fingerprint density at radius 2 is 1.71 bits per heavy atom. The third kappa shape index (κ3) is 6.57. The zero-order valence-electron chi connectivity index (χ0n) is 18.1. The smallest absolute Gasteiger partial charge is 0.410 e. The largest absolute Gasteiger partial charge is 0.444 e. The number of nitrogens with one attached hydrogen (secondary N) is 1. The van der Waals surface area contributed by atoms with E-state index in [4.69, 9.17) is 4.74 Å². The summed E-state index contributed by atoms with van der Waals surface area (Å²) in [4.78, 5) is 27.8. The van der Waals surface area contributed by atoms with Crippen LogP contribution in [0.4, 0.5) is 20.6 Å². The number of anilines is 2. The molecule has 1 aliphatic rings. The second-order valence-electron chi connectivity index (χ2n) is 8.35. The standard InChI is InChI=1S/C24H28FN3O3/c1-24(2,3)31-23(30)28-15-13-27(14-16-28)21-11-10-19(17-20(21)25)26-22(29)12-9-18-7-5-4-6-8-18/h4-12,17H,13-16H2,1-3H3,(H,26,29)/b12-9+. The number of hydrogen-bond acceptors (Lipinski definition) is 4. The molecule has 6 nitrogen and oxygen atoms in total. The number of nitrogens with zero attached hydrogens (tertiary/aromatic N) is 2. The number of halogens is 1. The van der Waals surface area contributed by atoms with Crippen LogP contribution in [0, 0.1) is 5.82 Å². The Hall–Kier alpha value is -3.35. The van der Waals surface area contributed by atoms with Crippen LogP contribution in [-0.4, -0.2) is 48.7 Å². The number of rotatable bonds is 4. The van der Waals surface area contributed by atoms with Crippen molar-refractivity contribution in [2.75, 3.05) is 36.4 Å². The van der Waals surface area contributed by atoms with E-state index in [1.807, 2.05) is 56.0 Å². The number of amides is 2. The van der Waals surface area contributed by atoms with E-state index in [2.05, 4.69) is 5.32 Å². The van der Waals surface area contributed by atoms with Crippen molar-refractivity contribution < 1.29 is 18.7 Å². The maximum absolute atomic E-state index is 14.7. The van der Waals surface area contributed by atoms with Gasteiger partial charge in [-0.2, -0.15) is 0 Å². The monoisotopic (exact) mass is 425 g/mol. The van der Waals surface area contributed by atoms with Gasteiger partial charge in [0.05, 0.1) is 5.69 Å². The Balaban J connectivity index is 1.56. The number of piperazine rings is 1. The summed E-state index contributed by atoms with van der Waals surface area (Å²) in [5.41, 5.74) is 1.19. The quantitative estimate of drug-likeness (QED) is 0.731. The molecule has 0 atom stereocenters. The molecular weight excluding hydrogens is 397 g/mol. The van der Waals surface area contributed by atoms with Crippen molar-refractivity contribution in [3.05, 3.63) is 66.0 Å². The van der Waals surface area contributed by atoms with E-state index in [-0.39, 0.29) is 12.0 Å². The van der Waals surface area contributed by atoms with E-state index < -0.39 is 11.4 Å². The molecule has 2 aromatic rings. The molecule has 0 radical (unpaired) electrons. The summed E-state index contributed by atoms with van der Waals surface area (Å²) in [5.74, 6) is -0.752. The first-order valence-electron chi connectivity index (χ1n) is 10.3. The molecule has 0 unspecified atom stereocenters. The summed E-state index contributed by atoms with van der Waals surface area (Å²) in [5, 5.41) is 2.67. The number of carbonyl (C=O) groups excluding carboxylic acids is 2. The number of benzene rings is 2. The van der Waals surface area contributed by atoms with Crippen LogP contribution in [0.5, 0.6) is 0 Å². The van der Waals surface area contributed by atoms with Gasteiger partial charge in [-0.25, -0.2) is 9.18 Å². The third-order valence-corrected chi connectivity index (χ3v) is 4.71. The molecule has 1 N–H and O–H groups in total. The summed E-state index contributed by atoms with van der Waals surface area (Å²) >= 11 is 0. The molecule has 0 aromatic heterocycles. The first kappa shape index (κ1) is 22.3. The van der Waals surface area contributed by atoms with E-state index >= 15 is 0 Å². The lowest BCUT2D eigenvalue weighted by atomic mass is 10.2. The van der Waals surface area contributed by atoms with Gasteiger partial charge >= 0.3 is 6.09 Å². The highest BCUT2D eigenvalue weighted by atomic mass is 19.1. The normalized spacial score (nSPS) is 14.6. The first-order valence-corrected chi connectivity index (χ1v) is 10.3. The van der Waals surface area contributed by atoms with E-state index in [0.717, 1.165) is 5.56 Å². The lowest BCUT2D eigenvalue weighted by molar-refractivity contribution is -0.111. The van der Waals surface area contributed by atoms with Gasteiger partial charge in [-0.15, -0.1) is 0 Å². The van der Waals surface area contributed by atoms with Gasteiger partial charge in [-0.1, -0.05) is 30.3 Å². The molecule has 31 heavy (non-hydrogen) atoms. The molecule has 1 heterocycles. The van der Waals surface area contributed by atoms with Gasteiger partial charge in [0.2, 0.25) is 5.91 Å². The molecule has 0 aliphatic carbocycles. The maximum Gasteiger partial charge on any atom is 0.410 e. The molecule has 2 aromatic carbocycles. The lowest BCUT2D eigenvalue weighted by Gasteiger charge is -2.36. The van der Waals surface area contributed by atoms with Gasteiger partial charge in [0, 0.05) is 37.9 Å². The average molecular weight is 426 g/mol. The summed E-state index contributed by atoms with van der Waals surface area (Å²) in [6.07, 6.45) is 2.76. The Labute approximate surface area is 182 Å². The van der Waals surface area contributed by atoms with Crippen LogP contribution >= 0.6 is 0 Å². The van der Waals surface area contributed by atoms with E-state index in [9.17, 15) is 14.0 Å². The lowest BCUT2D eigenvalue weighted by Crippen LogP contribution is -2.50. The minimum atomic E-state index is -0.545. The predicted octanol–water partition coefficient (Wildman–Crippen LogP) is 4.53. The van der Waals surface area contributed by atoms with E-state index in [1.54, 1.807) is 23.1 Å². The molecule has 0 saturated carbocycles. The zero-order chi connectivity index (χ0) is 22.4. The molecule has 0 bridgehead atoms. The second-order valence-corrected chi connectivity index (χ2v) is 8.35. The summed E-state index contributed by atoms with van der Waals surface area (Å²) < 4.78 is 20.1. The van der Waals surface area contributed by atoms with Crippen LogP contribution in [0.1, 0.15) is 26.3 Å². The highest BCUT2D eigenvalue weighted by molar-refractivity contribution is 6.02. The van der Waals surface area contributed by atoms with E-state index in [0.29, 0.717) is 37.6 Å². The summed E-state index contributed by atoms with van der Waals surface area (Å²) in [7, 11) is 0. The molecule has 0 spiro atoms. The predicted molar refractivity (Wildman–Crippen MR) is 121 cm³/mol. The molecule has 7 heteroatoms. The molecule has 164 valence electrons. The molecule has 3 rings (SSSR count). The topological polar surface area (TPSA) is 61.9 Å². The van der Waals surface area contributed by atoms with Crippen LogP contribution in [0.3, 0.4) is 0 Å². The number of ether oxygens (including phenoxy) is 1. The Morgan fingerprint density at radius 3 is 2.32 bits per heavy atom. The fourth-order valence-electron chi connectivity index (χ4n) is 3.22. The molecule has 1 aliphatic heterocycles. The molecule has 2 amide bonds. The second kappa shape index (κ2) is 9.64. The zero-order valence-corrected chi connectivity index (χ0v) is 18.1. The van der Waals surface area contributed by atoms with Gasteiger partial charge in [0.1, 0.15) is 11.4 Å². The minimum absolute atomic E-state index is 0.332. The Morgan fingerprint density at radius 1 is 1.03 bits per heavy atom. The molecule has 1 saturated heterocycles. The van der Waals surface area contributed by atoms with Gasteiger partial charge in [0.25, 0.3) is 0 Å². The highest BCUT2D eigenvalue weighted by Crippen LogP contribution is 2.24. The van der Waals surface area contributed by atoms with Crippen molar-refractivity contribution in [3.63, 3.8) is 0 Å². The Bertz CT molecular complexity index is 946.